The van der Waals surface area contributed by atoms with E-state index in [-0.39, 0.29) is 11.8 Å². The quantitative estimate of drug-likeness (QED) is 0.839. The second-order valence-corrected chi connectivity index (χ2v) is 5.79. The third kappa shape index (κ3) is 2.85. The number of hydrogen-bond acceptors (Lipinski definition) is 4. The molecule has 1 saturated heterocycles. The highest BCUT2D eigenvalue weighted by molar-refractivity contribution is 5.82. The Morgan fingerprint density at radius 3 is 3.00 bits per heavy atom. The van der Waals surface area contributed by atoms with E-state index < -0.39 is 6.04 Å². The molecule has 3 rings (SSSR count). The van der Waals surface area contributed by atoms with Crippen LogP contribution in [0.15, 0.2) is 12.3 Å². The summed E-state index contributed by atoms with van der Waals surface area (Å²) in [6.07, 6.45) is 4.92. The smallest absolute Gasteiger partial charge is 0.272 e. The van der Waals surface area contributed by atoms with Crippen molar-refractivity contribution in [2.45, 2.75) is 45.2 Å². The van der Waals surface area contributed by atoms with Crippen molar-refractivity contribution >= 4 is 11.8 Å². The molecule has 0 radical (unpaired) electrons. The average molecular weight is 306 g/mol. The summed E-state index contributed by atoms with van der Waals surface area (Å²) in [7, 11) is 0. The molecule has 0 saturated carbocycles. The number of nitrogens with zero attached hydrogens (tertiary/aromatic N) is 4. The molecular formula is C15H22N4O3. The van der Waals surface area contributed by atoms with Gasteiger partial charge in [0.25, 0.3) is 5.91 Å². The molecule has 0 spiro atoms. The third-order valence-electron chi connectivity index (χ3n) is 4.14. The van der Waals surface area contributed by atoms with E-state index in [1.165, 1.54) is 5.06 Å². The van der Waals surface area contributed by atoms with Gasteiger partial charge in [0, 0.05) is 19.2 Å². The largest absolute Gasteiger partial charge is 0.334 e. The summed E-state index contributed by atoms with van der Waals surface area (Å²) < 4.78 is 1.73. The SMILES string of the molecule is CCCC(=O)N1Cc2ccnn2[C@@H](C(=O)N2CCCCO2)C1. The standard InChI is InChI=1S/C15H22N4O3/c1-2-5-14(20)17-10-12-6-7-16-19(12)13(11-17)15(21)18-8-3-4-9-22-18/h6-7,13H,2-5,8-11H2,1H3/t13-/m1/s1. The molecule has 0 unspecified atom stereocenters. The van der Waals surface area contributed by atoms with E-state index in [1.807, 2.05) is 13.0 Å². The molecule has 1 aromatic heterocycles. The van der Waals surface area contributed by atoms with Gasteiger partial charge in [-0.25, -0.2) is 5.06 Å². The summed E-state index contributed by atoms with van der Waals surface area (Å²) in [5.41, 5.74) is 0.895. The van der Waals surface area contributed by atoms with Crippen LogP contribution >= 0.6 is 0 Å². The fourth-order valence-corrected chi connectivity index (χ4v) is 2.98. The van der Waals surface area contributed by atoms with Gasteiger partial charge in [0.1, 0.15) is 0 Å². The molecule has 120 valence electrons. The summed E-state index contributed by atoms with van der Waals surface area (Å²) in [5.74, 6) is -0.0223. The molecule has 0 aromatic carbocycles. The molecule has 3 heterocycles. The van der Waals surface area contributed by atoms with Gasteiger partial charge in [0.2, 0.25) is 5.91 Å². The lowest BCUT2D eigenvalue weighted by Crippen LogP contribution is -2.49. The number of fused-ring (bicyclic) bond motifs is 1. The van der Waals surface area contributed by atoms with E-state index in [2.05, 4.69) is 5.10 Å². The summed E-state index contributed by atoms with van der Waals surface area (Å²) in [6.45, 7) is 4.05. The Kier molecular flexibility index (Phi) is 4.42. The van der Waals surface area contributed by atoms with Gasteiger partial charge in [0.15, 0.2) is 6.04 Å². The van der Waals surface area contributed by atoms with Crippen LogP contribution in [0.4, 0.5) is 0 Å². The zero-order valence-corrected chi connectivity index (χ0v) is 12.9. The number of hydrogen-bond donors (Lipinski definition) is 0. The topological polar surface area (TPSA) is 67.7 Å². The lowest BCUT2D eigenvalue weighted by Gasteiger charge is -2.36. The van der Waals surface area contributed by atoms with E-state index in [0.29, 0.717) is 32.7 Å². The Morgan fingerprint density at radius 1 is 1.41 bits per heavy atom. The maximum Gasteiger partial charge on any atom is 0.272 e. The average Bonchev–Trinajstić information content (AvgIpc) is 3.02. The summed E-state index contributed by atoms with van der Waals surface area (Å²) >= 11 is 0. The van der Waals surface area contributed by atoms with Crippen LogP contribution in [0.2, 0.25) is 0 Å². The normalized spacial score (nSPS) is 21.6. The van der Waals surface area contributed by atoms with E-state index in [9.17, 15) is 9.59 Å². The third-order valence-corrected chi connectivity index (χ3v) is 4.14. The molecule has 0 aliphatic carbocycles. The highest BCUT2D eigenvalue weighted by atomic mass is 16.7. The van der Waals surface area contributed by atoms with Crippen LogP contribution in [0.5, 0.6) is 0 Å². The lowest BCUT2D eigenvalue weighted by molar-refractivity contribution is -0.201. The monoisotopic (exact) mass is 306 g/mol. The van der Waals surface area contributed by atoms with Gasteiger partial charge >= 0.3 is 0 Å². The summed E-state index contributed by atoms with van der Waals surface area (Å²) in [6, 6.07) is 1.38. The second-order valence-electron chi connectivity index (χ2n) is 5.79. The molecule has 1 atom stereocenters. The van der Waals surface area contributed by atoms with Crippen molar-refractivity contribution in [1.82, 2.24) is 19.7 Å². The molecule has 2 aliphatic rings. The van der Waals surface area contributed by atoms with Crippen molar-refractivity contribution in [2.24, 2.45) is 0 Å². The predicted molar refractivity (Wildman–Crippen MR) is 78.5 cm³/mol. The number of aromatic nitrogens is 2. The molecule has 2 amide bonds. The molecule has 2 aliphatic heterocycles. The Balaban J connectivity index is 1.80. The van der Waals surface area contributed by atoms with Gasteiger partial charge in [-0.2, -0.15) is 5.10 Å². The van der Waals surface area contributed by atoms with E-state index >= 15 is 0 Å². The van der Waals surface area contributed by atoms with Crippen molar-refractivity contribution in [2.75, 3.05) is 19.7 Å². The highest BCUT2D eigenvalue weighted by Crippen LogP contribution is 2.24. The van der Waals surface area contributed by atoms with Gasteiger partial charge in [-0.3, -0.25) is 19.1 Å². The van der Waals surface area contributed by atoms with Crippen LogP contribution in [0, 0.1) is 0 Å². The van der Waals surface area contributed by atoms with Crippen LogP contribution in [-0.2, 0) is 21.0 Å². The van der Waals surface area contributed by atoms with Crippen LogP contribution in [0.1, 0.15) is 44.3 Å². The molecule has 1 aromatic rings. The molecule has 7 heteroatoms. The van der Waals surface area contributed by atoms with Gasteiger partial charge in [-0.1, -0.05) is 6.92 Å². The van der Waals surface area contributed by atoms with Gasteiger partial charge < -0.3 is 4.90 Å². The first-order valence-electron chi connectivity index (χ1n) is 7.95. The summed E-state index contributed by atoms with van der Waals surface area (Å²) in [4.78, 5) is 32.2. The maximum absolute atomic E-state index is 12.7. The zero-order chi connectivity index (χ0) is 15.5. The number of hydroxylamine groups is 2. The van der Waals surface area contributed by atoms with Gasteiger partial charge in [-0.05, 0) is 25.3 Å². The van der Waals surface area contributed by atoms with E-state index in [4.69, 9.17) is 4.84 Å². The Labute approximate surface area is 129 Å². The lowest BCUT2D eigenvalue weighted by atomic mass is 10.1. The minimum absolute atomic E-state index is 0.0901. The van der Waals surface area contributed by atoms with E-state index in [1.54, 1.807) is 15.8 Å². The van der Waals surface area contributed by atoms with Crippen molar-refractivity contribution in [3.05, 3.63) is 18.0 Å². The van der Waals surface area contributed by atoms with E-state index in [0.717, 1.165) is 25.0 Å². The Morgan fingerprint density at radius 2 is 2.27 bits per heavy atom. The number of rotatable bonds is 3. The maximum atomic E-state index is 12.7. The number of amides is 2. The molecule has 0 N–H and O–H groups in total. The molecular weight excluding hydrogens is 284 g/mol. The summed E-state index contributed by atoms with van der Waals surface area (Å²) in [5, 5.41) is 5.71. The van der Waals surface area contributed by atoms with Crippen LogP contribution in [-0.4, -0.2) is 51.3 Å². The number of carbonyl (C=O) groups excluding carboxylic acids is 2. The van der Waals surface area contributed by atoms with Gasteiger partial charge in [-0.15, -0.1) is 0 Å². The Bertz CT molecular complexity index is 551. The Hall–Kier alpha value is -1.89. The van der Waals surface area contributed by atoms with Crippen molar-refractivity contribution in [1.29, 1.82) is 0 Å². The van der Waals surface area contributed by atoms with Crippen LogP contribution < -0.4 is 0 Å². The van der Waals surface area contributed by atoms with Crippen LogP contribution in [0.3, 0.4) is 0 Å². The molecule has 0 bridgehead atoms. The minimum Gasteiger partial charge on any atom is -0.334 e. The van der Waals surface area contributed by atoms with Crippen LogP contribution in [0.25, 0.3) is 0 Å². The van der Waals surface area contributed by atoms with Crippen molar-refractivity contribution in [3.63, 3.8) is 0 Å². The first-order valence-corrected chi connectivity index (χ1v) is 7.95. The fourth-order valence-electron chi connectivity index (χ4n) is 2.98. The first-order chi connectivity index (χ1) is 10.7. The highest BCUT2D eigenvalue weighted by Gasteiger charge is 2.36. The van der Waals surface area contributed by atoms with Gasteiger partial charge in [0.05, 0.1) is 25.4 Å². The molecule has 22 heavy (non-hydrogen) atoms. The molecule has 1 fully saturated rings. The molecule has 7 nitrogen and oxygen atoms in total. The van der Waals surface area contributed by atoms with Crippen molar-refractivity contribution < 1.29 is 14.4 Å². The second kappa shape index (κ2) is 6.48. The number of carbonyl (C=O) groups is 2. The zero-order valence-electron chi connectivity index (χ0n) is 12.9. The van der Waals surface area contributed by atoms with Crippen molar-refractivity contribution in [3.8, 4) is 0 Å². The fraction of sp³-hybridized carbons (Fsp3) is 0.667. The minimum atomic E-state index is -0.488. The predicted octanol–water partition coefficient (Wildman–Crippen LogP) is 1.12. The first kappa shape index (κ1) is 15.0.